The van der Waals surface area contributed by atoms with Gasteiger partial charge in [-0.3, -0.25) is 5.32 Å². The lowest BCUT2D eigenvalue weighted by Crippen LogP contribution is -2.42. The summed E-state index contributed by atoms with van der Waals surface area (Å²) in [5.41, 5.74) is 2.52. The lowest BCUT2D eigenvalue weighted by Gasteiger charge is -2.30. The van der Waals surface area contributed by atoms with Gasteiger partial charge in [-0.1, -0.05) is 0 Å². The van der Waals surface area contributed by atoms with Crippen LogP contribution in [-0.4, -0.2) is 42.2 Å². The Hall–Kier alpha value is -2.35. The molecular formula is C21H30N6OS. The molecule has 2 aliphatic rings. The maximum Gasteiger partial charge on any atom is 0.320 e. The number of rotatable bonds is 5. The van der Waals surface area contributed by atoms with E-state index < -0.39 is 0 Å². The van der Waals surface area contributed by atoms with Gasteiger partial charge in [0.25, 0.3) is 0 Å². The number of carbonyl (C=O) groups excluding carboxylic acids is 1. The number of hydrogen-bond acceptors (Lipinski definition) is 6. The predicted octanol–water partition coefficient (Wildman–Crippen LogP) is 4.03. The Labute approximate surface area is 176 Å². The molecule has 2 aliphatic carbocycles. The van der Waals surface area contributed by atoms with Crippen molar-refractivity contribution in [1.82, 2.24) is 15.3 Å². The minimum absolute atomic E-state index is 0.113. The highest BCUT2D eigenvalue weighted by Gasteiger charge is 2.24. The van der Waals surface area contributed by atoms with E-state index >= 15 is 0 Å². The smallest absolute Gasteiger partial charge is 0.320 e. The van der Waals surface area contributed by atoms with Gasteiger partial charge in [-0.2, -0.15) is 4.98 Å². The molecule has 1 saturated carbocycles. The molecule has 0 saturated heterocycles. The molecule has 0 aliphatic heterocycles. The number of fused-ring (bicyclic) bond motifs is 1. The van der Waals surface area contributed by atoms with Crippen LogP contribution >= 0.6 is 11.3 Å². The fourth-order valence-corrected chi connectivity index (χ4v) is 4.87. The summed E-state index contributed by atoms with van der Waals surface area (Å²) < 4.78 is 0. The molecule has 2 amide bonds. The van der Waals surface area contributed by atoms with Crippen LogP contribution in [0.15, 0.2) is 17.5 Å². The van der Waals surface area contributed by atoms with Gasteiger partial charge in [0.1, 0.15) is 5.82 Å². The van der Waals surface area contributed by atoms with Crippen molar-refractivity contribution in [2.45, 2.75) is 63.5 Å². The molecule has 0 atom stereocenters. The van der Waals surface area contributed by atoms with Crippen molar-refractivity contribution < 1.29 is 4.79 Å². The summed E-state index contributed by atoms with van der Waals surface area (Å²) in [6, 6.07) is 4.30. The molecule has 2 aromatic rings. The second kappa shape index (κ2) is 8.98. The third kappa shape index (κ3) is 4.98. The van der Waals surface area contributed by atoms with Gasteiger partial charge in [-0.25, -0.2) is 9.78 Å². The Bertz CT molecular complexity index is 830. The second-order valence-corrected chi connectivity index (χ2v) is 9.11. The largest absolute Gasteiger partial charge is 0.362 e. The number of thiophene rings is 1. The van der Waals surface area contributed by atoms with E-state index in [0.717, 1.165) is 55.3 Å². The minimum atomic E-state index is -0.113. The van der Waals surface area contributed by atoms with Gasteiger partial charge in [0.05, 0.1) is 10.7 Å². The lowest BCUT2D eigenvalue weighted by atomic mass is 9.91. The molecular weight excluding hydrogens is 384 g/mol. The van der Waals surface area contributed by atoms with Crippen molar-refractivity contribution in [1.29, 1.82) is 0 Å². The van der Waals surface area contributed by atoms with Crippen LogP contribution in [0.25, 0.3) is 0 Å². The first-order valence-corrected chi connectivity index (χ1v) is 11.4. The number of hydrogen-bond donors (Lipinski definition) is 3. The topological polar surface area (TPSA) is 82.2 Å². The fourth-order valence-electron chi connectivity index (χ4n) is 4.26. The van der Waals surface area contributed by atoms with Gasteiger partial charge >= 0.3 is 6.03 Å². The lowest BCUT2D eigenvalue weighted by molar-refractivity contribution is 0.243. The molecule has 0 aromatic carbocycles. The summed E-state index contributed by atoms with van der Waals surface area (Å²) in [5.74, 6) is 1.80. The van der Waals surface area contributed by atoms with Crippen LogP contribution in [0.1, 0.15) is 49.8 Å². The molecule has 2 heterocycles. The first-order chi connectivity index (χ1) is 14.1. The van der Waals surface area contributed by atoms with Crippen molar-refractivity contribution in [3.05, 3.63) is 28.8 Å². The van der Waals surface area contributed by atoms with E-state index in [-0.39, 0.29) is 12.1 Å². The average molecular weight is 415 g/mol. The van der Waals surface area contributed by atoms with E-state index in [1.54, 1.807) is 0 Å². The summed E-state index contributed by atoms with van der Waals surface area (Å²) in [5, 5.41) is 12.4. The van der Waals surface area contributed by atoms with E-state index in [1.807, 2.05) is 17.5 Å². The zero-order valence-corrected chi connectivity index (χ0v) is 18.0. The van der Waals surface area contributed by atoms with Crippen molar-refractivity contribution in [2.75, 3.05) is 29.6 Å². The standard InChI is InChI=1S/C21H30N6OS/c1-27(2)19-16-6-3-4-7-17(16)24-20(26-19)22-14-9-11-15(12-10-14)23-21(28)25-18-8-5-13-29-18/h5,8,13-15H,3-4,6-7,9-12H2,1-2H3,(H,22,24,26)(H2,23,25,28)/t14-,15+. The van der Waals surface area contributed by atoms with Crippen molar-refractivity contribution in [3.63, 3.8) is 0 Å². The molecule has 8 heteroatoms. The van der Waals surface area contributed by atoms with Crippen molar-refractivity contribution >= 4 is 34.1 Å². The van der Waals surface area contributed by atoms with Crippen LogP contribution in [0.4, 0.5) is 21.6 Å². The quantitative estimate of drug-likeness (QED) is 0.688. The number of nitrogens with one attached hydrogen (secondary N) is 3. The highest BCUT2D eigenvalue weighted by molar-refractivity contribution is 7.14. The Morgan fingerprint density at radius 2 is 1.86 bits per heavy atom. The average Bonchev–Trinajstić information content (AvgIpc) is 3.21. The molecule has 0 bridgehead atoms. The van der Waals surface area contributed by atoms with Crippen molar-refractivity contribution in [3.8, 4) is 0 Å². The number of nitrogens with zero attached hydrogens (tertiary/aromatic N) is 3. The van der Waals surface area contributed by atoms with Gasteiger partial charge in [0.2, 0.25) is 5.95 Å². The Morgan fingerprint density at radius 3 is 2.59 bits per heavy atom. The van der Waals surface area contributed by atoms with Gasteiger partial charge in [-0.15, -0.1) is 11.3 Å². The molecule has 3 N–H and O–H groups in total. The molecule has 0 radical (unpaired) electrons. The molecule has 1 fully saturated rings. The number of anilines is 3. The van der Waals surface area contributed by atoms with Gasteiger partial charge in [0.15, 0.2) is 0 Å². The van der Waals surface area contributed by atoms with E-state index in [0.29, 0.717) is 6.04 Å². The van der Waals surface area contributed by atoms with Crippen LogP contribution in [0, 0.1) is 0 Å². The number of carbonyl (C=O) groups is 1. The van der Waals surface area contributed by atoms with E-state index in [1.165, 1.54) is 35.4 Å². The minimum Gasteiger partial charge on any atom is -0.362 e. The maximum atomic E-state index is 12.1. The SMILES string of the molecule is CN(C)c1nc(N[C@H]2CC[C@@H](NC(=O)Nc3cccs3)CC2)nc2c1CCCC2. The third-order valence-corrected chi connectivity index (χ3v) is 6.52. The van der Waals surface area contributed by atoms with Crippen LogP contribution in [-0.2, 0) is 12.8 Å². The summed E-state index contributed by atoms with van der Waals surface area (Å²) in [6.07, 6.45) is 8.48. The fraction of sp³-hybridized carbons (Fsp3) is 0.571. The first-order valence-electron chi connectivity index (χ1n) is 10.5. The van der Waals surface area contributed by atoms with Crippen LogP contribution in [0.5, 0.6) is 0 Å². The summed E-state index contributed by atoms with van der Waals surface area (Å²) in [6.45, 7) is 0. The Morgan fingerprint density at radius 1 is 1.10 bits per heavy atom. The molecule has 7 nitrogen and oxygen atoms in total. The maximum absolute atomic E-state index is 12.1. The van der Waals surface area contributed by atoms with Gasteiger partial charge in [0, 0.05) is 31.7 Å². The number of aryl methyl sites for hydroxylation is 1. The molecule has 156 valence electrons. The van der Waals surface area contributed by atoms with E-state index in [2.05, 4.69) is 34.9 Å². The number of amides is 2. The highest BCUT2D eigenvalue weighted by Crippen LogP contribution is 2.29. The van der Waals surface area contributed by atoms with Gasteiger partial charge in [-0.05, 0) is 68.9 Å². The normalized spacial score (nSPS) is 21.2. The zero-order chi connectivity index (χ0) is 20.2. The van der Waals surface area contributed by atoms with Crippen LogP contribution in [0.2, 0.25) is 0 Å². The highest BCUT2D eigenvalue weighted by atomic mass is 32.1. The summed E-state index contributed by atoms with van der Waals surface area (Å²) >= 11 is 1.53. The Balaban J connectivity index is 1.31. The molecule has 2 aromatic heterocycles. The summed E-state index contributed by atoms with van der Waals surface area (Å²) in [4.78, 5) is 23.9. The van der Waals surface area contributed by atoms with E-state index in [9.17, 15) is 4.79 Å². The van der Waals surface area contributed by atoms with Gasteiger partial charge < -0.3 is 15.5 Å². The van der Waals surface area contributed by atoms with Crippen molar-refractivity contribution in [2.24, 2.45) is 0 Å². The Kier molecular flexibility index (Phi) is 6.18. The molecule has 0 spiro atoms. The predicted molar refractivity (Wildman–Crippen MR) is 119 cm³/mol. The zero-order valence-electron chi connectivity index (χ0n) is 17.2. The monoisotopic (exact) mass is 414 g/mol. The first kappa shape index (κ1) is 19.9. The third-order valence-electron chi connectivity index (χ3n) is 5.74. The number of urea groups is 1. The number of aromatic nitrogens is 2. The van der Waals surface area contributed by atoms with Crippen LogP contribution < -0.4 is 20.9 Å². The molecule has 0 unspecified atom stereocenters. The molecule has 29 heavy (non-hydrogen) atoms. The van der Waals surface area contributed by atoms with E-state index in [4.69, 9.17) is 9.97 Å². The summed E-state index contributed by atoms with van der Waals surface area (Å²) in [7, 11) is 4.11. The molecule has 4 rings (SSSR count). The van der Waals surface area contributed by atoms with Crippen LogP contribution in [0.3, 0.4) is 0 Å². The second-order valence-electron chi connectivity index (χ2n) is 8.17.